The predicted octanol–water partition coefficient (Wildman–Crippen LogP) is 1.92. The van der Waals surface area contributed by atoms with E-state index in [0.717, 1.165) is 12.8 Å². The van der Waals surface area contributed by atoms with Crippen molar-refractivity contribution in [1.82, 2.24) is 4.98 Å². The van der Waals surface area contributed by atoms with Crippen LogP contribution in [0.1, 0.15) is 38.4 Å². The van der Waals surface area contributed by atoms with Gasteiger partial charge in [-0.2, -0.15) is 0 Å². The van der Waals surface area contributed by atoms with Crippen molar-refractivity contribution < 1.29 is 14.9 Å². The highest BCUT2D eigenvalue weighted by Crippen LogP contribution is 2.27. The highest BCUT2D eigenvalue weighted by molar-refractivity contribution is 5.25. The van der Waals surface area contributed by atoms with Gasteiger partial charge in [0.05, 0.1) is 19.4 Å². The topological polar surface area (TPSA) is 62.6 Å². The first-order chi connectivity index (χ1) is 8.13. The van der Waals surface area contributed by atoms with Gasteiger partial charge < -0.3 is 14.9 Å². The average molecular weight is 239 g/mol. The molecule has 0 saturated heterocycles. The van der Waals surface area contributed by atoms with Gasteiger partial charge in [-0.05, 0) is 12.0 Å². The van der Waals surface area contributed by atoms with Crippen LogP contribution in [-0.4, -0.2) is 28.4 Å². The SMILES string of the molecule is CCC(CC)C(O)C(O)c1cncc(OC)c1. The van der Waals surface area contributed by atoms with Crippen molar-refractivity contribution in [3.63, 3.8) is 0 Å². The van der Waals surface area contributed by atoms with E-state index in [1.165, 1.54) is 0 Å². The standard InChI is InChI=1S/C13H21NO3/c1-4-9(5-2)12(15)13(16)10-6-11(17-3)8-14-7-10/h6-9,12-13,15-16H,4-5H2,1-3H3. The lowest BCUT2D eigenvalue weighted by atomic mass is 9.90. The Morgan fingerprint density at radius 2 is 1.88 bits per heavy atom. The summed E-state index contributed by atoms with van der Waals surface area (Å²) >= 11 is 0. The minimum atomic E-state index is -0.914. The van der Waals surface area contributed by atoms with E-state index in [4.69, 9.17) is 4.74 Å². The van der Waals surface area contributed by atoms with E-state index in [9.17, 15) is 10.2 Å². The van der Waals surface area contributed by atoms with E-state index in [0.29, 0.717) is 11.3 Å². The average Bonchev–Trinajstić information content (AvgIpc) is 2.39. The van der Waals surface area contributed by atoms with Crippen LogP contribution in [-0.2, 0) is 0 Å². The molecule has 0 aliphatic carbocycles. The van der Waals surface area contributed by atoms with Crippen LogP contribution in [0.3, 0.4) is 0 Å². The van der Waals surface area contributed by atoms with Crippen molar-refractivity contribution in [2.75, 3.05) is 7.11 Å². The summed E-state index contributed by atoms with van der Waals surface area (Å²) in [6.07, 6.45) is 3.12. The lowest BCUT2D eigenvalue weighted by molar-refractivity contribution is -0.0211. The molecule has 0 bridgehead atoms. The number of hydrogen-bond donors (Lipinski definition) is 2. The van der Waals surface area contributed by atoms with Gasteiger partial charge in [0.1, 0.15) is 11.9 Å². The Morgan fingerprint density at radius 1 is 1.24 bits per heavy atom. The highest BCUT2D eigenvalue weighted by atomic mass is 16.5. The van der Waals surface area contributed by atoms with Gasteiger partial charge in [-0.1, -0.05) is 26.7 Å². The van der Waals surface area contributed by atoms with Gasteiger partial charge >= 0.3 is 0 Å². The Morgan fingerprint density at radius 3 is 2.41 bits per heavy atom. The monoisotopic (exact) mass is 239 g/mol. The predicted molar refractivity (Wildman–Crippen MR) is 65.8 cm³/mol. The van der Waals surface area contributed by atoms with Crippen LogP contribution >= 0.6 is 0 Å². The molecule has 2 atom stereocenters. The number of rotatable bonds is 6. The molecule has 2 unspecified atom stereocenters. The fourth-order valence-electron chi connectivity index (χ4n) is 1.94. The molecule has 4 nitrogen and oxygen atoms in total. The van der Waals surface area contributed by atoms with Gasteiger partial charge in [-0.3, -0.25) is 4.98 Å². The fraction of sp³-hybridized carbons (Fsp3) is 0.615. The Labute approximate surface area is 102 Å². The second kappa shape index (κ2) is 6.57. The van der Waals surface area contributed by atoms with Gasteiger partial charge in [0, 0.05) is 11.8 Å². The minimum absolute atomic E-state index is 0.0937. The van der Waals surface area contributed by atoms with Gasteiger partial charge in [0.15, 0.2) is 0 Å². The zero-order valence-corrected chi connectivity index (χ0v) is 10.6. The third-order valence-electron chi connectivity index (χ3n) is 3.17. The lowest BCUT2D eigenvalue weighted by Crippen LogP contribution is -2.27. The van der Waals surface area contributed by atoms with E-state index in [1.54, 1.807) is 25.6 Å². The van der Waals surface area contributed by atoms with Crippen molar-refractivity contribution in [3.05, 3.63) is 24.0 Å². The van der Waals surface area contributed by atoms with Gasteiger partial charge in [0.25, 0.3) is 0 Å². The molecular formula is C13H21NO3. The molecule has 96 valence electrons. The molecule has 0 fully saturated rings. The molecular weight excluding hydrogens is 218 g/mol. The van der Waals surface area contributed by atoms with Crippen molar-refractivity contribution >= 4 is 0 Å². The quantitative estimate of drug-likeness (QED) is 0.796. The third kappa shape index (κ3) is 3.41. The number of aliphatic hydroxyl groups excluding tert-OH is 2. The van der Waals surface area contributed by atoms with Gasteiger partial charge in [-0.25, -0.2) is 0 Å². The first-order valence-corrected chi connectivity index (χ1v) is 5.99. The molecule has 0 spiro atoms. The molecule has 1 rings (SSSR count). The van der Waals surface area contributed by atoms with E-state index in [2.05, 4.69) is 4.98 Å². The number of ether oxygens (including phenoxy) is 1. The lowest BCUT2D eigenvalue weighted by Gasteiger charge is -2.25. The molecule has 0 saturated carbocycles. The molecule has 4 heteroatoms. The molecule has 1 aromatic rings. The number of methoxy groups -OCH3 is 1. The molecule has 0 aliphatic rings. The molecule has 0 radical (unpaired) electrons. The smallest absolute Gasteiger partial charge is 0.137 e. The number of pyridine rings is 1. The van der Waals surface area contributed by atoms with Crippen LogP contribution < -0.4 is 4.74 Å². The fourth-order valence-corrected chi connectivity index (χ4v) is 1.94. The zero-order valence-electron chi connectivity index (χ0n) is 10.6. The Balaban J connectivity index is 2.83. The van der Waals surface area contributed by atoms with Crippen LogP contribution in [0.2, 0.25) is 0 Å². The molecule has 1 heterocycles. The summed E-state index contributed by atoms with van der Waals surface area (Å²) in [6, 6.07) is 1.70. The number of aromatic nitrogens is 1. The first-order valence-electron chi connectivity index (χ1n) is 5.99. The van der Waals surface area contributed by atoms with E-state index < -0.39 is 12.2 Å². The molecule has 17 heavy (non-hydrogen) atoms. The summed E-state index contributed by atoms with van der Waals surface area (Å²) in [5.74, 6) is 0.675. The Bertz CT molecular complexity index is 339. The van der Waals surface area contributed by atoms with Crippen LogP contribution in [0.5, 0.6) is 5.75 Å². The van der Waals surface area contributed by atoms with Gasteiger partial charge in [-0.15, -0.1) is 0 Å². The van der Waals surface area contributed by atoms with Crippen LogP contribution in [0.15, 0.2) is 18.5 Å². The van der Waals surface area contributed by atoms with Crippen LogP contribution in [0, 0.1) is 5.92 Å². The highest BCUT2D eigenvalue weighted by Gasteiger charge is 2.25. The zero-order chi connectivity index (χ0) is 12.8. The largest absolute Gasteiger partial charge is 0.495 e. The normalized spacial score (nSPS) is 14.7. The summed E-state index contributed by atoms with van der Waals surface area (Å²) in [6.45, 7) is 4.02. The summed E-state index contributed by atoms with van der Waals surface area (Å²) < 4.78 is 5.04. The Hall–Kier alpha value is -1.13. The maximum absolute atomic E-state index is 10.1. The number of nitrogens with zero attached hydrogens (tertiary/aromatic N) is 1. The summed E-state index contributed by atoms with van der Waals surface area (Å²) in [4.78, 5) is 3.97. The maximum Gasteiger partial charge on any atom is 0.137 e. The van der Waals surface area contributed by atoms with Crippen molar-refractivity contribution in [1.29, 1.82) is 0 Å². The molecule has 1 aromatic heterocycles. The summed E-state index contributed by atoms with van der Waals surface area (Å²) in [5, 5.41) is 20.2. The van der Waals surface area contributed by atoms with Crippen LogP contribution in [0.4, 0.5) is 0 Å². The first kappa shape index (κ1) is 13.9. The second-order valence-corrected chi connectivity index (χ2v) is 4.17. The van der Waals surface area contributed by atoms with Crippen molar-refractivity contribution in [2.24, 2.45) is 5.92 Å². The molecule has 0 amide bonds. The molecule has 0 aromatic carbocycles. The number of hydrogen-bond acceptors (Lipinski definition) is 4. The second-order valence-electron chi connectivity index (χ2n) is 4.17. The molecule has 0 aliphatic heterocycles. The molecule has 2 N–H and O–H groups in total. The van der Waals surface area contributed by atoms with E-state index >= 15 is 0 Å². The minimum Gasteiger partial charge on any atom is -0.495 e. The van der Waals surface area contributed by atoms with E-state index in [-0.39, 0.29) is 5.92 Å². The summed E-state index contributed by atoms with van der Waals surface area (Å²) in [7, 11) is 1.55. The Kier molecular flexibility index (Phi) is 5.38. The number of aliphatic hydroxyl groups is 2. The van der Waals surface area contributed by atoms with Crippen LogP contribution in [0.25, 0.3) is 0 Å². The van der Waals surface area contributed by atoms with E-state index in [1.807, 2.05) is 13.8 Å². The third-order valence-corrected chi connectivity index (χ3v) is 3.17. The van der Waals surface area contributed by atoms with Gasteiger partial charge in [0.2, 0.25) is 0 Å². The summed E-state index contributed by atoms with van der Waals surface area (Å²) in [5.41, 5.74) is 0.587. The van der Waals surface area contributed by atoms with Crippen molar-refractivity contribution in [2.45, 2.75) is 38.9 Å². The maximum atomic E-state index is 10.1. The van der Waals surface area contributed by atoms with Crippen molar-refractivity contribution in [3.8, 4) is 5.75 Å².